The number of nitrogens with zero attached hydrogens (tertiary/aromatic N) is 7. The van der Waals surface area contributed by atoms with Gasteiger partial charge < -0.3 is 9.80 Å². The lowest BCUT2D eigenvalue weighted by molar-refractivity contribution is -0.139. The monoisotopic (exact) mass is 413 g/mol. The number of halogens is 1. The quantitative estimate of drug-likeness (QED) is 0.596. The van der Waals surface area contributed by atoms with Gasteiger partial charge in [0.15, 0.2) is 17.0 Å². The molecule has 29 heavy (non-hydrogen) atoms. The Kier molecular flexibility index (Phi) is 5.36. The number of hydrogen-bond acceptors (Lipinski definition) is 6. The second-order valence-corrected chi connectivity index (χ2v) is 8.17. The van der Waals surface area contributed by atoms with E-state index in [1.807, 2.05) is 49.1 Å². The molecule has 1 aliphatic rings. The van der Waals surface area contributed by atoms with Gasteiger partial charge in [-0.25, -0.2) is 14.6 Å². The summed E-state index contributed by atoms with van der Waals surface area (Å²) in [6, 6.07) is 10.1. The molecule has 0 spiro atoms. The average Bonchev–Trinajstić information content (AvgIpc) is 3.17. The first-order valence-corrected chi connectivity index (χ1v) is 10.2. The van der Waals surface area contributed by atoms with Gasteiger partial charge in [-0.15, -0.1) is 16.7 Å². The molecule has 0 atom stereocenters. The number of aromatic nitrogens is 5. The maximum absolute atomic E-state index is 12.7. The molecule has 0 N–H and O–H groups in total. The Morgan fingerprint density at radius 1 is 1.10 bits per heavy atom. The van der Waals surface area contributed by atoms with Crippen molar-refractivity contribution in [3.05, 3.63) is 42.2 Å². The standard InChI is InChI=1S/C20H24ClN7O/c1-20(2,13-21)19(29)27-10-8-26(9-11-27)17-16-18(23-14-22-17)28(25-24-16)12-15-6-4-3-5-7-15/h3-7,14H,8-13H2,1-2H3. The zero-order valence-electron chi connectivity index (χ0n) is 16.6. The molecule has 0 bridgehead atoms. The summed E-state index contributed by atoms with van der Waals surface area (Å²) in [5, 5.41) is 8.64. The predicted molar refractivity (Wildman–Crippen MR) is 112 cm³/mol. The predicted octanol–water partition coefficient (Wildman–Crippen LogP) is 2.18. The molecule has 2 aromatic heterocycles. The molecule has 3 aromatic rings. The van der Waals surface area contributed by atoms with E-state index in [1.165, 1.54) is 0 Å². The summed E-state index contributed by atoms with van der Waals surface area (Å²) in [6.45, 7) is 6.99. The summed E-state index contributed by atoms with van der Waals surface area (Å²) in [4.78, 5) is 25.5. The number of fused-ring (bicyclic) bond motifs is 1. The second-order valence-electron chi connectivity index (χ2n) is 7.90. The number of rotatable bonds is 5. The number of carbonyl (C=O) groups is 1. The normalized spacial score (nSPS) is 15.1. The van der Waals surface area contributed by atoms with Gasteiger partial charge in [0.05, 0.1) is 12.0 Å². The van der Waals surface area contributed by atoms with Gasteiger partial charge in [0.25, 0.3) is 0 Å². The molecule has 9 heteroatoms. The summed E-state index contributed by atoms with van der Waals surface area (Å²) in [7, 11) is 0. The number of amides is 1. The van der Waals surface area contributed by atoms with E-state index in [1.54, 1.807) is 11.0 Å². The highest BCUT2D eigenvalue weighted by Gasteiger charge is 2.33. The smallest absolute Gasteiger partial charge is 0.229 e. The molecular formula is C20H24ClN7O. The Balaban J connectivity index is 1.51. The first kappa shape index (κ1) is 19.6. The number of benzene rings is 1. The van der Waals surface area contributed by atoms with E-state index in [2.05, 4.69) is 25.2 Å². The van der Waals surface area contributed by atoms with Crippen LogP contribution in [-0.2, 0) is 11.3 Å². The topological polar surface area (TPSA) is 80.0 Å². The summed E-state index contributed by atoms with van der Waals surface area (Å²) in [5.74, 6) is 1.16. The zero-order chi connectivity index (χ0) is 20.4. The zero-order valence-corrected chi connectivity index (χ0v) is 17.4. The van der Waals surface area contributed by atoms with Gasteiger partial charge >= 0.3 is 0 Å². The van der Waals surface area contributed by atoms with E-state index >= 15 is 0 Å². The van der Waals surface area contributed by atoms with Gasteiger partial charge in [0.2, 0.25) is 5.91 Å². The second kappa shape index (κ2) is 7.94. The fourth-order valence-electron chi connectivity index (χ4n) is 3.48. The Hall–Kier alpha value is -2.74. The Morgan fingerprint density at radius 3 is 2.52 bits per heavy atom. The third-order valence-electron chi connectivity index (χ3n) is 5.24. The minimum atomic E-state index is -0.550. The third kappa shape index (κ3) is 3.89. The van der Waals surface area contributed by atoms with Crippen molar-refractivity contribution in [3.63, 3.8) is 0 Å². The largest absolute Gasteiger partial charge is 0.351 e. The van der Waals surface area contributed by atoms with E-state index in [9.17, 15) is 4.79 Å². The SMILES string of the molecule is CC(C)(CCl)C(=O)N1CCN(c2ncnc3c2nnn3Cc2ccccc2)CC1. The van der Waals surface area contributed by atoms with Crippen LogP contribution in [0.4, 0.5) is 5.82 Å². The average molecular weight is 414 g/mol. The van der Waals surface area contributed by atoms with Gasteiger partial charge in [0, 0.05) is 32.1 Å². The van der Waals surface area contributed by atoms with Gasteiger partial charge in [-0.2, -0.15) is 0 Å². The van der Waals surface area contributed by atoms with Crippen LogP contribution in [0.3, 0.4) is 0 Å². The van der Waals surface area contributed by atoms with Crippen LogP contribution in [-0.4, -0.2) is 67.8 Å². The van der Waals surface area contributed by atoms with Crippen LogP contribution in [0.5, 0.6) is 0 Å². The first-order chi connectivity index (χ1) is 14.0. The molecule has 0 saturated carbocycles. The van der Waals surface area contributed by atoms with E-state index in [0.717, 1.165) is 11.4 Å². The van der Waals surface area contributed by atoms with E-state index in [-0.39, 0.29) is 5.91 Å². The molecule has 1 fully saturated rings. The molecule has 152 valence electrons. The van der Waals surface area contributed by atoms with Gasteiger partial charge in [0.1, 0.15) is 6.33 Å². The van der Waals surface area contributed by atoms with Crippen molar-refractivity contribution < 1.29 is 4.79 Å². The van der Waals surface area contributed by atoms with E-state index < -0.39 is 5.41 Å². The highest BCUT2D eigenvalue weighted by molar-refractivity contribution is 6.19. The molecule has 1 aromatic carbocycles. The maximum atomic E-state index is 12.7. The Bertz CT molecular complexity index is 996. The maximum Gasteiger partial charge on any atom is 0.229 e. The number of piperazine rings is 1. The van der Waals surface area contributed by atoms with Crippen molar-refractivity contribution in [2.45, 2.75) is 20.4 Å². The van der Waals surface area contributed by atoms with Crippen molar-refractivity contribution >= 4 is 34.5 Å². The Labute approximate surface area is 174 Å². The third-order valence-corrected chi connectivity index (χ3v) is 5.90. The Morgan fingerprint density at radius 2 is 1.83 bits per heavy atom. The van der Waals surface area contributed by atoms with Crippen molar-refractivity contribution in [2.24, 2.45) is 5.41 Å². The minimum absolute atomic E-state index is 0.0915. The number of anilines is 1. The highest BCUT2D eigenvalue weighted by atomic mass is 35.5. The van der Waals surface area contributed by atoms with Crippen molar-refractivity contribution in [2.75, 3.05) is 37.0 Å². The van der Waals surface area contributed by atoms with Crippen molar-refractivity contribution in [3.8, 4) is 0 Å². The van der Waals surface area contributed by atoms with Crippen LogP contribution in [0.1, 0.15) is 19.4 Å². The number of carbonyl (C=O) groups excluding carboxylic acids is 1. The van der Waals surface area contributed by atoms with Crippen LogP contribution in [0.25, 0.3) is 11.2 Å². The van der Waals surface area contributed by atoms with Crippen LogP contribution in [0, 0.1) is 5.41 Å². The van der Waals surface area contributed by atoms with Crippen LogP contribution < -0.4 is 4.90 Å². The summed E-state index contributed by atoms with van der Waals surface area (Å²) in [6.07, 6.45) is 1.55. The van der Waals surface area contributed by atoms with Crippen molar-refractivity contribution in [1.82, 2.24) is 29.9 Å². The van der Waals surface area contributed by atoms with Crippen LogP contribution in [0.15, 0.2) is 36.7 Å². The van der Waals surface area contributed by atoms with Crippen molar-refractivity contribution in [1.29, 1.82) is 0 Å². The fraction of sp³-hybridized carbons (Fsp3) is 0.450. The van der Waals surface area contributed by atoms with Gasteiger partial charge in [-0.1, -0.05) is 35.5 Å². The summed E-state index contributed by atoms with van der Waals surface area (Å²) < 4.78 is 1.79. The molecule has 0 unspecified atom stereocenters. The molecule has 4 rings (SSSR count). The molecule has 8 nitrogen and oxygen atoms in total. The van der Waals surface area contributed by atoms with E-state index in [4.69, 9.17) is 11.6 Å². The van der Waals surface area contributed by atoms with Gasteiger partial charge in [-0.3, -0.25) is 4.79 Å². The highest BCUT2D eigenvalue weighted by Crippen LogP contribution is 2.25. The summed E-state index contributed by atoms with van der Waals surface area (Å²) in [5.41, 5.74) is 1.98. The molecular weight excluding hydrogens is 390 g/mol. The van der Waals surface area contributed by atoms with Gasteiger partial charge in [-0.05, 0) is 19.4 Å². The van der Waals surface area contributed by atoms with Crippen LogP contribution >= 0.6 is 11.6 Å². The molecule has 0 aliphatic carbocycles. The molecule has 1 saturated heterocycles. The number of alkyl halides is 1. The molecule has 1 aliphatic heterocycles. The minimum Gasteiger partial charge on any atom is -0.351 e. The molecule has 3 heterocycles. The van der Waals surface area contributed by atoms with E-state index in [0.29, 0.717) is 49.8 Å². The first-order valence-electron chi connectivity index (χ1n) is 9.68. The molecule has 1 amide bonds. The fourth-order valence-corrected chi connectivity index (χ4v) is 3.60. The number of hydrogen-bond donors (Lipinski definition) is 0. The lowest BCUT2D eigenvalue weighted by Gasteiger charge is -2.38. The van der Waals surface area contributed by atoms with Crippen LogP contribution in [0.2, 0.25) is 0 Å². The lowest BCUT2D eigenvalue weighted by Crippen LogP contribution is -2.52. The lowest BCUT2D eigenvalue weighted by atomic mass is 9.94. The molecule has 0 radical (unpaired) electrons. The summed E-state index contributed by atoms with van der Waals surface area (Å²) >= 11 is 5.97.